The molecule has 2 heteroatoms. The third-order valence-corrected chi connectivity index (χ3v) is 6.97. The summed E-state index contributed by atoms with van der Waals surface area (Å²) in [6.07, 6.45) is -0.348. The first-order valence-corrected chi connectivity index (χ1v) is 11.7. The molecule has 0 amide bonds. The molecule has 0 aromatic heterocycles. The van der Waals surface area contributed by atoms with Crippen molar-refractivity contribution < 1.29 is 9.47 Å². The Morgan fingerprint density at radius 2 is 0.794 bits per heavy atom. The topological polar surface area (TPSA) is 18.5 Å². The molecule has 34 heavy (non-hydrogen) atoms. The van der Waals surface area contributed by atoms with E-state index in [-0.39, 0.29) is 12.2 Å². The zero-order valence-electron chi connectivity index (χ0n) is 19.4. The fraction of sp³-hybridized carbons (Fsp3) is 0.125. The highest BCUT2D eigenvalue weighted by Gasteiger charge is 2.41. The fourth-order valence-corrected chi connectivity index (χ4v) is 5.64. The number of hydrogen-bond donors (Lipinski definition) is 0. The smallest absolute Gasteiger partial charge is 0.109 e. The second kappa shape index (κ2) is 8.57. The van der Waals surface area contributed by atoms with Gasteiger partial charge in [0, 0.05) is 25.4 Å². The minimum Gasteiger partial charge on any atom is -0.372 e. The normalized spacial score (nSPS) is 18.9. The molecule has 6 rings (SSSR count). The lowest BCUT2D eigenvalue weighted by Crippen LogP contribution is -2.10. The lowest BCUT2D eigenvalue weighted by atomic mass is 9.88. The van der Waals surface area contributed by atoms with Crippen LogP contribution >= 0.6 is 0 Å². The molecule has 166 valence electrons. The first-order valence-electron chi connectivity index (χ1n) is 11.7. The third-order valence-electron chi connectivity index (χ3n) is 6.97. The molecule has 0 fully saturated rings. The molecule has 0 saturated heterocycles. The molecule has 0 bridgehead atoms. The lowest BCUT2D eigenvalue weighted by Gasteiger charge is -2.23. The van der Waals surface area contributed by atoms with Gasteiger partial charge in [0.05, 0.1) is 0 Å². The van der Waals surface area contributed by atoms with E-state index >= 15 is 0 Å². The molecular formula is C32H26O2. The van der Waals surface area contributed by atoms with Gasteiger partial charge in [-0.25, -0.2) is 0 Å². The number of benzene rings is 4. The Morgan fingerprint density at radius 3 is 1.18 bits per heavy atom. The highest BCUT2D eigenvalue weighted by molar-refractivity contribution is 5.98. The fourth-order valence-electron chi connectivity index (χ4n) is 5.64. The maximum Gasteiger partial charge on any atom is 0.109 e. The second-order valence-corrected chi connectivity index (χ2v) is 8.72. The van der Waals surface area contributed by atoms with E-state index in [2.05, 4.69) is 109 Å². The molecule has 2 aliphatic rings. The van der Waals surface area contributed by atoms with E-state index in [9.17, 15) is 0 Å². The van der Waals surface area contributed by atoms with Gasteiger partial charge in [-0.15, -0.1) is 0 Å². The van der Waals surface area contributed by atoms with E-state index < -0.39 is 0 Å². The van der Waals surface area contributed by atoms with Crippen LogP contribution in [0.15, 0.2) is 120 Å². The van der Waals surface area contributed by atoms with Crippen LogP contribution in [-0.2, 0) is 9.47 Å². The lowest BCUT2D eigenvalue weighted by molar-refractivity contribution is 0.117. The Morgan fingerprint density at radius 1 is 0.441 bits per heavy atom. The summed E-state index contributed by atoms with van der Waals surface area (Å²) in [4.78, 5) is 0. The zero-order valence-corrected chi connectivity index (χ0v) is 19.4. The van der Waals surface area contributed by atoms with Gasteiger partial charge in [-0.1, -0.05) is 109 Å². The molecule has 4 aromatic carbocycles. The minimum absolute atomic E-state index is 0.174. The van der Waals surface area contributed by atoms with E-state index in [0.29, 0.717) is 0 Å². The third kappa shape index (κ3) is 3.11. The van der Waals surface area contributed by atoms with Gasteiger partial charge in [0.2, 0.25) is 0 Å². The van der Waals surface area contributed by atoms with Crippen molar-refractivity contribution >= 4 is 11.1 Å². The number of rotatable bonds is 5. The van der Waals surface area contributed by atoms with Crippen molar-refractivity contribution in [1.82, 2.24) is 0 Å². The molecular weight excluding hydrogens is 416 g/mol. The summed E-state index contributed by atoms with van der Waals surface area (Å²) in [7, 11) is 3.62. The monoisotopic (exact) mass is 442 g/mol. The van der Waals surface area contributed by atoms with Gasteiger partial charge in [-0.3, -0.25) is 0 Å². The van der Waals surface area contributed by atoms with Gasteiger partial charge in [-0.05, 0) is 44.5 Å². The summed E-state index contributed by atoms with van der Waals surface area (Å²) < 4.78 is 12.5. The predicted molar refractivity (Wildman–Crippen MR) is 137 cm³/mol. The summed E-state index contributed by atoms with van der Waals surface area (Å²) in [5.74, 6) is 0. The summed E-state index contributed by atoms with van der Waals surface area (Å²) >= 11 is 0. The van der Waals surface area contributed by atoms with Crippen molar-refractivity contribution in [2.75, 3.05) is 14.2 Å². The van der Waals surface area contributed by atoms with Crippen LogP contribution in [0.3, 0.4) is 0 Å². The average molecular weight is 443 g/mol. The van der Waals surface area contributed by atoms with Crippen LogP contribution in [-0.4, -0.2) is 14.2 Å². The quantitative estimate of drug-likeness (QED) is 0.321. The Labute approximate surface area is 200 Å². The largest absolute Gasteiger partial charge is 0.372 e. The Hall–Kier alpha value is -3.72. The van der Waals surface area contributed by atoms with Crippen LogP contribution in [0.2, 0.25) is 0 Å². The van der Waals surface area contributed by atoms with E-state index in [1.54, 1.807) is 0 Å². The number of methoxy groups -OCH3 is 2. The molecule has 2 aliphatic carbocycles. The van der Waals surface area contributed by atoms with Crippen molar-refractivity contribution in [3.63, 3.8) is 0 Å². The van der Waals surface area contributed by atoms with Crippen LogP contribution in [0.5, 0.6) is 0 Å². The van der Waals surface area contributed by atoms with Crippen molar-refractivity contribution in [2.45, 2.75) is 12.2 Å². The molecule has 2 unspecified atom stereocenters. The van der Waals surface area contributed by atoms with Crippen LogP contribution in [0.1, 0.15) is 45.6 Å². The van der Waals surface area contributed by atoms with Crippen molar-refractivity contribution in [3.05, 3.63) is 154 Å². The van der Waals surface area contributed by atoms with Gasteiger partial charge in [0.1, 0.15) is 12.2 Å². The number of fused-ring (bicyclic) bond motifs is 2. The average Bonchev–Trinajstić information content (AvgIpc) is 3.41. The van der Waals surface area contributed by atoms with Crippen molar-refractivity contribution in [2.24, 2.45) is 0 Å². The van der Waals surface area contributed by atoms with Crippen LogP contribution in [0.4, 0.5) is 0 Å². The maximum absolute atomic E-state index is 6.24. The Bertz CT molecular complexity index is 1300. The summed E-state index contributed by atoms with van der Waals surface area (Å²) in [5.41, 5.74) is 12.1. The number of ether oxygens (including phenoxy) is 2. The molecule has 4 aromatic rings. The Balaban J connectivity index is 1.74. The highest BCUT2D eigenvalue weighted by Crippen LogP contribution is 2.56. The molecule has 2 atom stereocenters. The van der Waals surface area contributed by atoms with E-state index in [0.717, 1.165) is 0 Å². The van der Waals surface area contributed by atoms with E-state index in [1.165, 1.54) is 55.7 Å². The minimum atomic E-state index is -0.174. The van der Waals surface area contributed by atoms with Gasteiger partial charge < -0.3 is 9.47 Å². The van der Waals surface area contributed by atoms with Gasteiger partial charge >= 0.3 is 0 Å². The van der Waals surface area contributed by atoms with Crippen molar-refractivity contribution in [1.29, 1.82) is 0 Å². The SMILES string of the molecule is COC1C(C2=C(c3ccccc3)c3ccccc3C2OC)=C(c2ccccc2)c2ccccc21. The first kappa shape index (κ1) is 20.9. The van der Waals surface area contributed by atoms with Crippen molar-refractivity contribution in [3.8, 4) is 0 Å². The Kier molecular flexibility index (Phi) is 5.26. The zero-order chi connectivity index (χ0) is 23.1. The molecule has 0 heterocycles. The predicted octanol–water partition coefficient (Wildman–Crippen LogP) is 7.39. The molecule has 0 spiro atoms. The van der Waals surface area contributed by atoms with E-state index in [4.69, 9.17) is 9.47 Å². The van der Waals surface area contributed by atoms with Crippen LogP contribution in [0.25, 0.3) is 11.1 Å². The second-order valence-electron chi connectivity index (χ2n) is 8.72. The van der Waals surface area contributed by atoms with Gasteiger partial charge in [-0.2, -0.15) is 0 Å². The molecule has 0 aliphatic heterocycles. The van der Waals surface area contributed by atoms with Crippen LogP contribution in [0, 0.1) is 0 Å². The summed E-state index contributed by atoms with van der Waals surface area (Å²) in [6.45, 7) is 0. The molecule has 0 N–H and O–H groups in total. The standard InChI is InChI=1S/C32H26O2/c1-33-31-25-19-11-9-17-23(25)27(21-13-5-3-6-14-21)29(31)30-28(22-15-7-4-8-16-22)24-18-10-12-20-26(24)32(30)34-2/h3-20,31-32H,1-2H3. The molecule has 0 radical (unpaired) electrons. The van der Waals surface area contributed by atoms with E-state index in [1.807, 2.05) is 14.2 Å². The maximum atomic E-state index is 6.24. The van der Waals surface area contributed by atoms with Gasteiger partial charge in [0.15, 0.2) is 0 Å². The summed E-state index contributed by atoms with van der Waals surface area (Å²) in [5, 5.41) is 0. The first-order chi connectivity index (χ1) is 16.8. The highest BCUT2D eigenvalue weighted by atomic mass is 16.5. The molecule has 0 saturated carbocycles. The molecule has 2 nitrogen and oxygen atoms in total. The van der Waals surface area contributed by atoms with Gasteiger partial charge in [0.25, 0.3) is 0 Å². The van der Waals surface area contributed by atoms with Crippen LogP contribution < -0.4 is 0 Å². The summed E-state index contributed by atoms with van der Waals surface area (Å²) in [6, 6.07) is 38.5. The number of hydrogen-bond acceptors (Lipinski definition) is 2.